The van der Waals surface area contributed by atoms with Crippen LogP contribution in [0.2, 0.25) is 5.02 Å². The number of nitrogens with zero attached hydrogens (tertiary/aromatic N) is 1. The van der Waals surface area contributed by atoms with Crippen molar-refractivity contribution in [1.82, 2.24) is 0 Å². The number of esters is 1. The summed E-state index contributed by atoms with van der Waals surface area (Å²) in [5.74, 6) is -0.262. The molecule has 0 aliphatic rings. The minimum atomic E-state index is -0.601. The zero-order chi connectivity index (χ0) is 15.8. The van der Waals surface area contributed by atoms with Gasteiger partial charge in [-0.1, -0.05) is 11.6 Å². The number of hydrogen-bond acceptors (Lipinski definition) is 6. The van der Waals surface area contributed by atoms with Gasteiger partial charge in [0.05, 0.1) is 24.2 Å². The Morgan fingerprint density at radius 1 is 1.48 bits per heavy atom. The zero-order valence-electron chi connectivity index (χ0n) is 11.1. The summed E-state index contributed by atoms with van der Waals surface area (Å²) in [7, 11) is 1.29. The quantitative estimate of drug-likeness (QED) is 0.356. The van der Waals surface area contributed by atoms with E-state index in [4.69, 9.17) is 11.6 Å². The Kier molecular flexibility index (Phi) is 6.97. The first-order valence-electron chi connectivity index (χ1n) is 5.82. The smallest absolute Gasteiger partial charge is 0.306 e. The van der Waals surface area contributed by atoms with Crippen LogP contribution in [0.3, 0.4) is 0 Å². The fourth-order valence-corrected chi connectivity index (χ4v) is 2.26. The van der Waals surface area contributed by atoms with E-state index in [1.54, 1.807) is 0 Å². The summed E-state index contributed by atoms with van der Waals surface area (Å²) in [5, 5.41) is 13.6. The molecular formula is C12H13ClN2O5S. The van der Waals surface area contributed by atoms with Crippen molar-refractivity contribution in [3.63, 3.8) is 0 Å². The molecule has 0 saturated carbocycles. The number of nitro benzene ring substituents is 1. The van der Waals surface area contributed by atoms with Gasteiger partial charge in [-0.05, 0) is 12.1 Å². The van der Waals surface area contributed by atoms with Crippen LogP contribution in [0.15, 0.2) is 18.2 Å². The first-order chi connectivity index (χ1) is 9.93. The second-order valence-corrected chi connectivity index (χ2v) is 5.39. The van der Waals surface area contributed by atoms with Gasteiger partial charge in [0.2, 0.25) is 5.91 Å². The second-order valence-electron chi connectivity index (χ2n) is 3.85. The molecule has 0 aliphatic carbocycles. The van der Waals surface area contributed by atoms with Crippen molar-refractivity contribution in [2.75, 3.05) is 23.9 Å². The zero-order valence-corrected chi connectivity index (χ0v) is 12.7. The largest absolute Gasteiger partial charge is 0.469 e. The molecule has 1 N–H and O–H groups in total. The van der Waals surface area contributed by atoms with E-state index in [1.165, 1.54) is 37.1 Å². The van der Waals surface area contributed by atoms with Crippen LogP contribution in [0.4, 0.5) is 11.4 Å². The van der Waals surface area contributed by atoms with Gasteiger partial charge in [0.1, 0.15) is 5.69 Å². The number of thioether (sulfide) groups is 1. The minimum Gasteiger partial charge on any atom is -0.469 e. The molecule has 1 aromatic carbocycles. The number of benzene rings is 1. The number of methoxy groups -OCH3 is 1. The van der Waals surface area contributed by atoms with Crippen molar-refractivity contribution in [3.05, 3.63) is 33.3 Å². The fourth-order valence-electron chi connectivity index (χ4n) is 1.38. The third-order valence-electron chi connectivity index (χ3n) is 2.34. The van der Waals surface area contributed by atoms with Crippen LogP contribution >= 0.6 is 23.4 Å². The number of amides is 1. The molecule has 0 fully saturated rings. The number of hydrogen-bond donors (Lipinski definition) is 1. The molecule has 0 heterocycles. The van der Waals surface area contributed by atoms with Gasteiger partial charge in [-0.2, -0.15) is 11.8 Å². The Balaban J connectivity index is 2.53. The van der Waals surface area contributed by atoms with Gasteiger partial charge in [-0.25, -0.2) is 0 Å². The summed E-state index contributed by atoms with van der Waals surface area (Å²) in [6.07, 6.45) is 0.200. The van der Waals surface area contributed by atoms with Gasteiger partial charge in [-0.3, -0.25) is 19.7 Å². The molecule has 1 amide bonds. The predicted molar refractivity (Wildman–Crippen MR) is 80.7 cm³/mol. The van der Waals surface area contributed by atoms with E-state index < -0.39 is 10.8 Å². The summed E-state index contributed by atoms with van der Waals surface area (Å²) in [6.45, 7) is 0. The van der Waals surface area contributed by atoms with Gasteiger partial charge in [-0.15, -0.1) is 0 Å². The summed E-state index contributed by atoms with van der Waals surface area (Å²) < 4.78 is 4.47. The summed E-state index contributed by atoms with van der Waals surface area (Å²) in [6, 6.07) is 3.92. The number of anilines is 1. The maximum absolute atomic E-state index is 11.7. The first-order valence-corrected chi connectivity index (χ1v) is 7.35. The Morgan fingerprint density at radius 3 is 2.81 bits per heavy atom. The normalized spacial score (nSPS) is 10.0. The number of nitrogens with one attached hydrogen (secondary N) is 1. The van der Waals surface area contributed by atoms with Crippen molar-refractivity contribution < 1.29 is 19.2 Å². The molecule has 0 saturated heterocycles. The Hall–Kier alpha value is -1.80. The van der Waals surface area contributed by atoms with E-state index in [0.717, 1.165) is 0 Å². The van der Waals surface area contributed by atoms with Crippen molar-refractivity contribution in [2.24, 2.45) is 0 Å². The van der Waals surface area contributed by atoms with Crippen LogP contribution in [0.5, 0.6) is 0 Å². The highest BCUT2D eigenvalue weighted by Crippen LogP contribution is 2.27. The van der Waals surface area contributed by atoms with Crippen LogP contribution < -0.4 is 5.32 Å². The predicted octanol–water partition coefficient (Wildman–Crippen LogP) is 2.48. The number of ether oxygens (including phenoxy) is 1. The average molecular weight is 333 g/mol. The van der Waals surface area contributed by atoms with Crippen molar-refractivity contribution in [1.29, 1.82) is 0 Å². The van der Waals surface area contributed by atoms with Gasteiger partial charge in [0.25, 0.3) is 5.69 Å². The van der Waals surface area contributed by atoms with Crippen molar-refractivity contribution in [2.45, 2.75) is 6.42 Å². The molecule has 0 bridgehead atoms. The standard InChI is InChI=1S/C12H13ClN2O5S/c1-20-12(17)4-5-21-7-11(16)14-9-6-8(13)2-3-10(9)15(18)19/h2-3,6H,4-5,7H2,1H3,(H,14,16). The topological polar surface area (TPSA) is 98.5 Å². The van der Waals surface area contributed by atoms with E-state index in [9.17, 15) is 19.7 Å². The number of nitro groups is 1. The van der Waals surface area contributed by atoms with Crippen LogP contribution in [0.25, 0.3) is 0 Å². The summed E-state index contributed by atoms with van der Waals surface area (Å²) in [5.41, 5.74) is -0.182. The summed E-state index contributed by atoms with van der Waals surface area (Å²) in [4.78, 5) is 32.8. The highest BCUT2D eigenvalue weighted by molar-refractivity contribution is 7.99. The van der Waals surface area contributed by atoms with E-state index in [0.29, 0.717) is 5.75 Å². The molecule has 0 aliphatic heterocycles. The van der Waals surface area contributed by atoms with Crippen molar-refractivity contribution >= 4 is 46.6 Å². The number of halogens is 1. The van der Waals surface area contributed by atoms with E-state index in [2.05, 4.69) is 10.1 Å². The van der Waals surface area contributed by atoms with E-state index >= 15 is 0 Å². The maximum atomic E-state index is 11.7. The third-order valence-corrected chi connectivity index (χ3v) is 3.53. The minimum absolute atomic E-state index is 0.0473. The van der Waals surface area contributed by atoms with Crippen LogP contribution in [-0.4, -0.2) is 35.4 Å². The average Bonchev–Trinajstić information content (AvgIpc) is 2.43. The van der Waals surface area contributed by atoms with Gasteiger partial charge >= 0.3 is 5.97 Å². The Morgan fingerprint density at radius 2 is 2.19 bits per heavy atom. The molecule has 9 heteroatoms. The van der Waals surface area contributed by atoms with Crippen molar-refractivity contribution in [3.8, 4) is 0 Å². The fraction of sp³-hybridized carbons (Fsp3) is 0.333. The lowest BCUT2D eigenvalue weighted by Crippen LogP contribution is -2.15. The van der Waals surface area contributed by atoms with Crippen LogP contribution in [0.1, 0.15) is 6.42 Å². The first kappa shape index (κ1) is 17.3. The molecule has 21 heavy (non-hydrogen) atoms. The van der Waals surface area contributed by atoms with Gasteiger partial charge in [0, 0.05) is 16.8 Å². The lowest BCUT2D eigenvalue weighted by molar-refractivity contribution is -0.383. The number of carbonyl (C=O) groups is 2. The number of carbonyl (C=O) groups excluding carboxylic acids is 2. The van der Waals surface area contributed by atoms with Crippen LogP contribution in [0, 0.1) is 10.1 Å². The van der Waals surface area contributed by atoms with Gasteiger partial charge < -0.3 is 10.1 Å². The Bertz CT molecular complexity index is 552. The maximum Gasteiger partial charge on any atom is 0.306 e. The molecule has 0 aromatic heterocycles. The molecule has 0 unspecified atom stereocenters. The highest BCUT2D eigenvalue weighted by atomic mass is 35.5. The Labute approximate surface area is 130 Å². The molecular weight excluding hydrogens is 320 g/mol. The molecule has 0 atom stereocenters. The molecule has 7 nitrogen and oxygen atoms in total. The third kappa shape index (κ3) is 6.01. The second kappa shape index (κ2) is 8.48. The monoisotopic (exact) mass is 332 g/mol. The lowest BCUT2D eigenvalue weighted by Gasteiger charge is -2.06. The highest BCUT2D eigenvalue weighted by Gasteiger charge is 2.16. The molecule has 1 aromatic rings. The van der Waals surface area contributed by atoms with Crippen LogP contribution in [-0.2, 0) is 14.3 Å². The molecule has 1 rings (SSSR count). The number of rotatable bonds is 7. The van der Waals surface area contributed by atoms with E-state index in [1.807, 2.05) is 0 Å². The molecule has 114 valence electrons. The van der Waals surface area contributed by atoms with Gasteiger partial charge in [0.15, 0.2) is 0 Å². The van der Waals surface area contributed by atoms with E-state index in [-0.39, 0.29) is 34.5 Å². The molecule has 0 spiro atoms. The lowest BCUT2D eigenvalue weighted by atomic mass is 10.2. The SMILES string of the molecule is COC(=O)CCSCC(=O)Nc1cc(Cl)ccc1[N+](=O)[O-]. The molecule has 0 radical (unpaired) electrons. The summed E-state index contributed by atoms with van der Waals surface area (Å²) >= 11 is 6.98.